The molecule has 1 aromatic carbocycles. The highest BCUT2D eigenvalue weighted by Crippen LogP contribution is 2.31. The Labute approximate surface area is 139 Å². The predicted octanol–water partition coefficient (Wildman–Crippen LogP) is 2.36. The van der Waals surface area contributed by atoms with Gasteiger partial charge in [-0.2, -0.15) is 0 Å². The number of rotatable bonds is 3. The number of nitrogens with one attached hydrogen (secondary N) is 1. The minimum absolute atomic E-state index is 0.0712. The van der Waals surface area contributed by atoms with Crippen molar-refractivity contribution in [1.29, 1.82) is 0 Å². The van der Waals surface area contributed by atoms with Gasteiger partial charge in [0.1, 0.15) is 5.82 Å². The second kappa shape index (κ2) is 6.13. The van der Waals surface area contributed by atoms with Crippen LogP contribution in [0.3, 0.4) is 0 Å². The fourth-order valence-electron chi connectivity index (χ4n) is 3.37. The van der Waals surface area contributed by atoms with Gasteiger partial charge in [-0.25, -0.2) is 4.98 Å². The van der Waals surface area contributed by atoms with E-state index in [4.69, 9.17) is 4.98 Å². The highest BCUT2D eigenvalue weighted by atomic mass is 16.1. The molecule has 1 aliphatic rings. The Morgan fingerprint density at radius 2 is 2.08 bits per heavy atom. The van der Waals surface area contributed by atoms with Crippen LogP contribution in [0.1, 0.15) is 36.1 Å². The number of fused-ring (bicyclic) bond motifs is 1. The fraction of sp³-hybridized carbons (Fsp3) is 0.333. The Bertz CT molecular complexity index is 936. The smallest absolute Gasteiger partial charge is 0.258 e. The maximum Gasteiger partial charge on any atom is 0.258 e. The molecule has 6 nitrogen and oxygen atoms in total. The molecule has 0 spiro atoms. The fourth-order valence-corrected chi connectivity index (χ4v) is 3.37. The van der Waals surface area contributed by atoms with E-state index in [1.165, 1.54) is 0 Å². The summed E-state index contributed by atoms with van der Waals surface area (Å²) in [4.78, 5) is 31.1. The van der Waals surface area contributed by atoms with Crippen molar-refractivity contribution in [2.75, 3.05) is 6.54 Å². The van der Waals surface area contributed by atoms with Crippen LogP contribution in [0.5, 0.6) is 0 Å². The topological polar surface area (TPSA) is 74.8 Å². The number of para-hydroxylation sites is 1. The minimum atomic E-state index is -0.0712. The maximum atomic E-state index is 12.3. The van der Waals surface area contributed by atoms with Gasteiger partial charge in [-0.3, -0.25) is 19.7 Å². The molecule has 1 fully saturated rings. The van der Waals surface area contributed by atoms with Gasteiger partial charge in [-0.15, -0.1) is 0 Å². The molecular formula is C18H19N5O. The van der Waals surface area contributed by atoms with Crippen LogP contribution in [0.15, 0.2) is 41.5 Å². The van der Waals surface area contributed by atoms with Gasteiger partial charge in [-0.1, -0.05) is 12.1 Å². The number of nitrogens with zero attached hydrogens (tertiary/aromatic N) is 4. The lowest BCUT2D eigenvalue weighted by atomic mass is 10.1. The Kier molecular flexibility index (Phi) is 3.82. The minimum Gasteiger partial charge on any atom is -0.309 e. The first-order chi connectivity index (χ1) is 11.7. The third-order valence-electron chi connectivity index (χ3n) is 4.65. The van der Waals surface area contributed by atoms with Gasteiger partial charge < -0.3 is 4.98 Å². The van der Waals surface area contributed by atoms with E-state index in [1.807, 2.05) is 25.1 Å². The van der Waals surface area contributed by atoms with Crippen LogP contribution < -0.4 is 5.56 Å². The van der Waals surface area contributed by atoms with E-state index in [-0.39, 0.29) is 11.6 Å². The van der Waals surface area contributed by atoms with E-state index < -0.39 is 0 Å². The number of aryl methyl sites for hydroxylation is 1. The lowest BCUT2D eigenvalue weighted by Gasteiger charge is -2.23. The summed E-state index contributed by atoms with van der Waals surface area (Å²) in [6, 6.07) is 7.58. The van der Waals surface area contributed by atoms with Gasteiger partial charge in [0.05, 0.1) is 28.3 Å². The summed E-state index contributed by atoms with van der Waals surface area (Å²) in [6.07, 6.45) is 5.51. The van der Waals surface area contributed by atoms with Crippen LogP contribution in [-0.2, 0) is 6.54 Å². The number of aromatic amines is 1. The molecule has 24 heavy (non-hydrogen) atoms. The highest BCUT2D eigenvalue weighted by Gasteiger charge is 2.29. The van der Waals surface area contributed by atoms with Crippen LogP contribution in [0, 0.1) is 6.92 Å². The normalized spacial score (nSPS) is 18.3. The highest BCUT2D eigenvalue weighted by molar-refractivity contribution is 5.77. The number of likely N-dealkylation sites (tertiary alicyclic amines) is 1. The molecule has 6 heteroatoms. The van der Waals surface area contributed by atoms with E-state index >= 15 is 0 Å². The standard InChI is InChI=1S/C18H19N5O/c1-12-15(20-9-8-19-12)11-23-10-4-7-16(23)17-21-14-6-3-2-5-13(14)18(24)22-17/h2-3,5-6,8-9,16H,4,7,10-11H2,1H3,(H,21,22,24). The molecule has 0 aliphatic carbocycles. The molecule has 1 unspecified atom stereocenters. The van der Waals surface area contributed by atoms with Crippen LogP contribution in [-0.4, -0.2) is 31.4 Å². The van der Waals surface area contributed by atoms with E-state index in [0.717, 1.165) is 48.7 Å². The Morgan fingerprint density at radius 3 is 2.96 bits per heavy atom. The monoisotopic (exact) mass is 321 g/mol. The first-order valence-corrected chi connectivity index (χ1v) is 8.22. The van der Waals surface area contributed by atoms with Crippen LogP contribution in [0.4, 0.5) is 0 Å². The van der Waals surface area contributed by atoms with Gasteiger partial charge in [-0.05, 0) is 38.4 Å². The molecule has 0 radical (unpaired) electrons. The molecule has 3 heterocycles. The predicted molar refractivity (Wildman–Crippen MR) is 91.5 cm³/mol. The summed E-state index contributed by atoms with van der Waals surface area (Å²) in [5, 5.41) is 0.635. The van der Waals surface area contributed by atoms with E-state index in [9.17, 15) is 4.79 Å². The second-order valence-corrected chi connectivity index (χ2v) is 6.19. The zero-order chi connectivity index (χ0) is 16.5. The van der Waals surface area contributed by atoms with Crippen molar-refractivity contribution in [3.63, 3.8) is 0 Å². The summed E-state index contributed by atoms with van der Waals surface area (Å²) in [6.45, 7) is 3.67. The zero-order valence-corrected chi connectivity index (χ0v) is 13.6. The molecule has 1 saturated heterocycles. The van der Waals surface area contributed by atoms with Gasteiger partial charge in [0, 0.05) is 18.9 Å². The Hall–Kier alpha value is -2.60. The van der Waals surface area contributed by atoms with Gasteiger partial charge in [0.15, 0.2) is 0 Å². The third kappa shape index (κ3) is 2.69. The first kappa shape index (κ1) is 15.0. The Morgan fingerprint density at radius 1 is 1.25 bits per heavy atom. The summed E-state index contributed by atoms with van der Waals surface area (Å²) in [7, 11) is 0. The second-order valence-electron chi connectivity index (χ2n) is 6.19. The molecule has 0 amide bonds. The number of benzene rings is 1. The molecule has 122 valence electrons. The molecule has 0 bridgehead atoms. The number of hydrogen-bond donors (Lipinski definition) is 1. The van der Waals surface area contributed by atoms with Crippen molar-refractivity contribution in [1.82, 2.24) is 24.8 Å². The Balaban J connectivity index is 1.68. The van der Waals surface area contributed by atoms with Crippen molar-refractivity contribution in [3.8, 4) is 0 Å². The van der Waals surface area contributed by atoms with Crippen LogP contribution in [0.2, 0.25) is 0 Å². The lowest BCUT2D eigenvalue weighted by molar-refractivity contribution is 0.236. The number of hydrogen-bond acceptors (Lipinski definition) is 5. The van der Waals surface area contributed by atoms with Crippen molar-refractivity contribution < 1.29 is 0 Å². The van der Waals surface area contributed by atoms with Crippen molar-refractivity contribution in [3.05, 3.63) is 64.2 Å². The molecule has 0 saturated carbocycles. The molecular weight excluding hydrogens is 302 g/mol. The van der Waals surface area contributed by atoms with E-state index in [0.29, 0.717) is 5.39 Å². The van der Waals surface area contributed by atoms with Crippen molar-refractivity contribution >= 4 is 10.9 Å². The zero-order valence-electron chi connectivity index (χ0n) is 13.6. The number of H-pyrrole nitrogens is 1. The lowest BCUT2D eigenvalue weighted by Crippen LogP contribution is -2.27. The molecule has 1 atom stereocenters. The average molecular weight is 321 g/mol. The first-order valence-electron chi connectivity index (χ1n) is 8.22. The van der Waals surface area contributed by atoms with Gasteiger partial charge in [0.25, 0.3) is 5.56 Å². The largest absolute Gasteiger partial charge is 0.309 e. The average Bonchev–Trinajstić information content (AvgIpc) is 3.05. The SMILES string of the molecule is Cc1nccnc1CN1CCCC1c1nc2ccccc2c(=O)[nH]1. The van der Waals surface area contributed by atoms with Gasteiger partial charge in [0.2, 0.25) is 0 Å². The molecule has 1 N–H and O–H groups in total. The number of aromatic nitrogens is 4. The van der Waals surface area contributed by atoms with Crippen LogP contribution in [0.25, 0.3) is 10.9 Å². The van der Waals surface area contributed by atoms with Crippen molar-refractivity contribution in [2.24, 2.45) is 0 Å². The molecule has 1 aliphatic heterocycles. The summed E-state index contributed by atoms with van der Waals surface area (Å²) in [5.41, 5.74) is 2.60. The van der Waals surface area contributed by atoms with E-state index in [2.05, 4.69) is 19.9 Å². The molecule has 2 aromatic heterocycles. The third-order valence-corrected chi connectivity index (χ3v) is 4.65. The van der Waals surface area contributed by atoms with Gasteiger partial charge >= 0.3 is 0 Å². The maximum absolute atomic E-state index is 12.3. The van der Waals surface area contributed by atoms with Crippen molar-refractivity contribution in [2.45, 2.75) is 32.4 Å². The summed E-state index contributed by atoms with van der Waals surface area (Å²) >= 11 is 0. The van der Waals surface area contributed by atoms with E-state index in [1.54, 1.807) is 18.5 Å². The molecule has 4 rings (SSSR count). The van der Waals surface area contributed by atoms with Crippen LogP contribution >= 0.6 is 0 Å². The molecule has 3 aromatic rings. The summed E-state index contributed by atoms with van der Waals surface area (Å²) in [5.74, 6) is 0.748. The summed E-state index contributed by atoms with van der Waals surface area (Å²) < 4.78 is 0. The quantitative estimate of drug-likeness (QED) is 0.801.